The Labute approximate surface area is 129 Å². The van der Waals surface area contributed by atoms with E-state index in [1.54, 1.807) is 13.0 Å². The average Bonchev–Trinajstić information content (AvgIpc) is 2.84. The Balaban J connectivity index is 2.16. The molecular formula is C17H19NO4. The zero-order valence-electron chi connectivity index (χ0n) is 13.0. The van der Waals surface area contributed by atoms with E-state index in [4.69, 9.17) is 9.47 Å². The number of methoxy groups -OCH3 is 1. The molecule has 0 saturated carbocycles. The molecule has 0 saturated heterocycles. The lowest BCUT2D eigenvalue weighted by Gasteiger charge is -2.21. The van der Waals surface area contributed by atoms with Crippen LogP contribution in [0.2, 0.25) is 0 Å². The largest absolute Gasteiger partial charge is 0.504 e. The van der Waals surface area contributed by atoms with Crippen LogP contribution < -0.4 is 4.74 Å². The van der Waals surface area contributed by atoms with Gasteiger partial charge in [-0.2, -0.15) is 0 Å². The molecule has 0 unspecified atom stereocenters. The molecule has 0 amide bonds. The number of benzene rings is 1. The summed E-state index contributed by atoms with van der Waals surface area (Å²) in [6.07, 6.45) is 2.65. The number of aromatic nitrogens is 1. The molecule has 0 atom stereocenters. The molecule has 0 spiro atoms. The molecule has 0 bridgehead atoms. The molecule has 2 heterocycles. The van der Waals surface area contributed by atoms with Gasteiger partial charge in [0.25, 0.3) is 0 Å². The summed E-state index contributed by atoms with van der Waals surface area (Å²) in [5.74, 6) is 0.282. The van der Waals surface area contributed by atoms with E-state index >= 15 is 0 Å². The van der Waals surface area contributed by atoms with Gasteiger partial charge in [-0.25, -0.2) is 4.79 Å². The molecule has 1 aliphatic heterocycles. The topological polar surface area (TPSA) is 60.7 Å². The van der Waals surface area contributed by atoms with Crippen LogP contribution >= 0.6 is 0 Å². The number of phenolic OH excluding ortho intramolecular Hbond substituents is 1. The lowest BCUT2D eigenvalue weighted by molar-refractivity contribution is 0.0525. The van der Waals surface area contributed by atoms with E-state index in [1.165, 1.54) is 7.11 Å². The van der Waals surface area contributed by atoms with E-state index in [2.05, 4.69) is 4.57 Å². The van der Waals surface area contributed by atoms with Crippen molar-refractivity contribution in [2.24, 2.45) is 0 Å². The number of fused-ring (bicyclic) bond motifs is 3. The molecule has 5 nitrogen and oxygen atoms in total. The van der Waals surface area contributed by atoms with Crippen molar-refractivity contribution in [3.05, 3.63) is 35.0 Å². The Bertz CT molecular complexity index is 746. The van der Waals surface area contributed by atoms with Crippen LogP contribution in [0.25, 0.3) is 11.3 Å². The summed E-state index contributed by atoms with van der Waals surface area (Å²) in [5.41, 5.74) is 4.53. The van der Waals surface area contributed by atoms with E-state index in [9.17, 15) is 9.90 Å². The number of rotatable bonds is 3. The maximum Gasteiger partial charge on any atom is 0.339 e. The minimum atomic E-state index is -0.297. The lowest BCUT2D eigenvalue weighted by Crippen LogP contribution is -2.10. The first-order valence-corrected chi connectivity index (χ1v) is 7.33. The normalized spacial score (nSPS) is 12.5. The number of ether oxygens (including phenoxy) is 2. The fourth-order valence-corrected chi connectivity index (χ4v) is 3.05. The van der Waals surface area contributed by atoms with E-state index in [1.807, 2.05) is 19.2 Å². The van der Waals surface area contributed by atoms with E-state index in [-0.39, 0.29) is 11.7 Å². The van der Waals surface area contributed by atoms with Gasteiger partial charge < -0.3 is 19.1 Å². The lowest BCUT2D eigenvalue weighted by atomic mass is 9.95. The summed E-state index contributed by atoms with van der Waals surface area (Å²) in [7, 11) is 1.53. The maximum absolute atomic E-state index is 12.1. The Morgan fingerprint density at radius 1 is 1.41 bits per heavy atom. The molecule has 3 rings (SSSR count). The standard InChI is InChI=1S/C17H19NO4/c1-4-22-17(20)13-9-18-6-5-11-7-14(19)15(21-3)8-12(11)16(18)10(13)2/h7-9,19H,4-6H2,1-3H3. The molecule has 1 N–H and O–H groups in total. The summed E-state index contributed by atoms with van der Waals surface area (Å²) in [5, 5.41) is 9.94. The first-order valence-electron chi connectivity index (χ1n) is 7.33. The predicted octanol–water partition coefficient (Wildman–Crippen LogP) is 2.91. The number of aromatic hydroxyl groups is 1. The smallest absolute Gasteiger partial charge is 0.339 e. The molecule has 5 heteroatoms. The van der Waals surface area contributed by atoms with Gasteiger partial charge in [-0.3, -0.25) is 0 Å². The predicted molar refractivity (Wildman–Crippen MR) is 82.5 cm³/mol. The van der Waals surface area contributed by atoms with Crippen molar-refractivity contribution in [2.45, 2.75) is 26.8 Å². The Morgan fingerprint density at radius 3 is 2.86 bits per heavy atom. The maximum atomic E-state index is 12.1. The van der Waals surface area contributed by atoms with Crippen LogP contribution in [0.4, 0.5) is 0 Å². The van der Waals surface area contributed by atoms with Crippen LogP contribution in [0.5, 0.6) is 11.5 Å². The summed E-state index contributed by atoms with van der Waals surface area (Å²) >= 11 is 0. The summed E-state index contributed by atoms with van der Waals surface area (Å²) < 4.78 is 12.4. The fraction of sp³-hybridized carbons (Fsp3) is 0.353. The SMILES string of the molecule is CCOC(=O)c1cn2c(c1C)-c1cc(OC)c(O)cc1CC2. The molecule has 0 radical (unpaired) electrons. The Morgan fingerprint density at radius 2 is 2.18 bits per heavy atom. The van der Waals surface area contributed by atoms with Crippen molar-refractivity contribution >= 4 is 5.97 Å². The van der Waals surface area contributed by atoms with Gasteiger partial charge in [-0.1, -0.05) is 0 Å². The van der Waals surface area contributed by atoms with Crippen LogP contribution in [0, 0.1) is 6.92 Å². The first-order chi connectivity index (χ1) is 10.6. The third-order valence-electron chi connectivity index (χ3n) is 4.11. The number of aryl methyl sites for hydroxylation is 2. The molecule has 1 aliphatic rings. The quantitative estimate of drug-likeness (QED) is 0.886. The van der Waals surface area contributed by atoms with Crippen LogP contribution in [0.15, 0.2) is 18.3 Å². The van der Waals surface area contributed by atoms with Gasteiger partial charge >= 0.3 is 5.97 Å². The molecule has 116 valence electrons. The van der Waals surface area contributed by atoms with Crippen LogP contribution in [0.1, 0.15) is 28.4 Å². The number of carbonyl (C=O) groups is 1. The molecule has 1 aromatic heterocycles. The summed E-state index contributed by atoms with van der Waals surface area (Å²) in [6, 6.07) is 3.58. The van der Waals surface area contributed by atoms with Crippen molar-refractivity contribution < 1.29 is 19.4 Å². The second kappa shape index (κ2) is 5.40. The minimum Gasteiger partial charge on any atom is -0.504 e. The van der Waals surface area contributed by atoms with E-state index < -0.39 is 0 Å². The molecule has 2 aromatic rings. The highest BCUT2D eigenvalue weighted by Crippen LogP contribution is 2.40. The fourth-order valence-electron chi connectivity index (χ4n) is 3.05. The molecular weight excluding hydrogens is 282 g/mol. The minimum absolute atomic E-state index is 0.143. The number of nitrogens with zero attached hydrogens (tertiary/aromatic N) is 1. The molecule has 0 fully saturated rings. The van der Waals surface area contributed by atoms with Gasteiger partial charge in [0.1, 0.15) is 0 Å². The highest BCUT2D eigenvalue weighted by Gasteiger charge is 2.25. The van der Waals surface area contributed by atoms with Gasteiger partial charge in [0.2, 0.25) is 0 Å². The van der Waals surface area contributed by atoms with E-state index in [0.717, 1.165) is 35.3 Å². The van der Waals surface area contributed by atoms with Crippen molar-refractivity contribution in [3.63, 3.8) is 0 Å². The van der Waals surface area contributed by atoms with Gasteiger partial charge in [0.05, 0.1) is 25.0 Å². The third-order valence-corrected chi connectivity index (χ3v) is 4.11. The molecule has 0 aliphatic carbocycles. The van der Waals surface area contributed by atoms with Crippen molar-refractivity contribution in [2.75, 3.05) is 13.7 Å². The highest BCUT2D eigenvalue weighted by molar-refractivity contribution is 5.94. The molecule has 22 heavy (non-hydrogen) atoms. The number of esters is 1. The highest BCUT2D eigenvalue weighted by atomic mass is 16.5. The Hall–Kier alpha value is -2.43. The van der Waals surface area contributed by atoms with Crippen molar-refractivity contribution in [1.82, 2.24) is 4.57 Å². The first kappa shape index (κ1) is 14.5. The van der Waals surface area contributed by atoms with Gasteiger partial charge in [0.15, 0.2) is 11.5 Å². The summed E-state index contributed by atoms with van der Waals surface area (Å²) in [6.45, 7) is 4.85. The zero-order valence-corrected chi connectivity index (χ0v) is 13.0. The second-order valence-electron chi connectivity index (χ2n) is 5.36. The van der Waals surface area contributed by atoms with Gasteiger partial charge in [-0.15, -0.1) is 0 Å². The number of hydrogen-bond donors (Lipinski definition) is 1. The monoisotopic (exact) mass is 301 g/mol. The number of hydrogen-bond acceptors (Lipinski definition) is 4. The van der Waals surface area contributed by atoms with Crippen LogP contribution in [-0.2, 0) is 17.7 Å². The second-order valence-corrected chi connectivity index (χ2v) is 5.36. The van der Waals surface area contributed by atoms with E-state index in [0.29, 0.717) is 17.9 Å². The van der Waals surface area contributed by atoms with Crippen LogP contribution in [-0.4, -0.2) is 29.4 Å². The van der Waals surface area contributed by atoms with Crippen LogP contribution in [0.3, 0.4) is 0 Å². The Kier molecular flexibility index (Phi) is 3.56. The number of carbonyl (C=O) groups excluding carboxylic acids is 1. The van der Waals surface area contributed by atoms with Crippen molar-refractivity contribution in [3.8, 4) is 22.8 Å². The summed E-state index contributed by atoms with van der Waals surface area (Å²) in [4.78, 5) is 12.1. The van der Waals surface area contributed by atoms with Gasteiger partial charge in [-0.05, 0) is 43.5 Å². The van der Waals surface area contributed by atoms with Crippen molar-refractivity contribution in [1.29, 1.82) is 0 Å². The molecule has 1 aromatic carbocycles. The third kappa shape index (κ3) is 2.13. The average molecular weight is 301 g/mol. The number of phenols is 1. The zero-order chi connectivity index (χ0) is 15.9. The van der Waals surface area contributed by atoms with Gasteiger partial charge in [0, 0.05) is 18.3 Å².